The predicted octanol–water partition coefficient (Wildman–Crippen LogP) is 2.83. The topological polar surface area (TPSA) is 172 Å². The first-order valence-corrected chi connectivity index (χ1v) is 12.2. The Labute approximate surface area is 227 Å². The molecule has 1 heterocycles. The van der Waals surface area contributed by atoms with Crippen molar-refractivity contribution >= 4 is 23.2 Å². The summed E-state index contributed by atoms with van der Waals surface area (Å²) in [6.45, 7) is 5.72. The average Bonchev–Trinajstić information content (AvgIpc) is 2.89. The van der Waals surface area contributed by atoms with Gasteiger partial charge >= 0.3 is 11.4 Å². The van der Waals surface area contributed by atoms with Gasteiger partial charge in [0.2, 0.25) is 5.62 Å². The Kier molecular flexibility index (Phi) is 8.96. The molecule has 0 unspecified atom stereocenters. The number of nitroso groups, excluding NO2 is 2. The average molecular weight is 558 g/mol. The number of amides is 1. The molecule has 2 aromatic carbocycles. The number of hydrogen-bond donors (Lipinski definition) is 1. The van der Waals surface area contributed by atoms with E-state index in [9.17, 15) is 24.2 Å². The Balaban J connectivity index is 2.29. The molecular formula is C25H28ClN7O6. The van der Waals surface area contributed by atoms with Crippen LogP contribution < -0.4 is 27.6 Å². The van der Waals surface area contributed by atoms with E-state index in [2.05, 4.69) is 15.3 Å². The highest BCUT2D eigenvalue weighted by molar-refractivity contribution is 6.30. The lowest BCUT2D eigenvalue weighted by atomic mass is 9.93. The summed E-state index contributed by atoms with van der Waals surface area (Å²) in [6, 6.07) is 11.4. The van der Waals surface area contributed by atoms with Crippen LogP contribution in [0.1, 0.15) is 38.8 Å². The summed E-state index contributed by atoms with van der Waals surface area (Å²) < 4.78 is 8.29. The highest BCUT2D eigenvalue weighted by Gasteiger charge is 2.31. The van der Waals surface area contributed by atoms with Crippen molar-refractivity contribution in [2.45, 2.75) is 53.4 Å². The third-order valence-electron chi connectivity index (χ3n) is 5.70. The van der Waals surface area contributed by atoms with Crippen LogP contribution in [-0.2, 0) is 24.4 Å². The Morgan fingerprint density at radius 1 is 1.05 bits per heavy atom. The van der Waals surface area contributed by atoms with Gasteiger partial charge in [0.05, 0.1) is 23.8 Å². The van der Waals surface area contributed by atoms with Gasteiger partial charge in [-0.25, -0.2) is 19.1 Å². The van der Waals surface area contributed by atoms with Crippen LogP contribution in [0.25, 0.3) is 0 Å². The molecule has 0 radical (unpaired) electrons. The van der Waals surface area contributed by atoms with Crippen molar-refractivity contribution in [3.05, 3.63) is 95.0 Å². The molecule has 39 heavy (non-hydrogen) atoms. The monoisotopic (exact) mass is 557 g/mol. The van der Waals surface area contributed by atoms with Crippen LogP contribution in [0.5, 0.6) is 5.75 Å². The van der Waals surface area contributed by atoms with Crippen LogP contribution in [0, 0.1) is 15.2 Å². The molecule has 3 rings (SSSR count). The van der Waals surface area contributed by atoms with Crippen LogP contribution in [-0.4, -0.2) is 25.8 Å². The summed E-state index contributed by atoms with van der Waals surface area (Å²) in [7, 11) is 0. The summed E-state index contributed by atoms with van der Waals surface area (Å²) in [5.74, 6) is 5.55. The molecule has 0 saturated carbocycles. The number of halogens is 1. The zero-order valence-corrected chi connectivity index (χ0v) is 22.6. The molecule has 0 fully saturated rings. The van der Waals surface area contributed by atoms with Crippen LogP contribution in [0.3, 0.4) is 0 Å². The summed E-state index contributed by atoms with van der Waals surface area (Å²) in [5, 5.41) is 5.86. The second-order valence-corrected chi connectivity index (χ2v) is 10.1. The minimum absolute atomic E-state index is 0.0656. The van der Waals surface area contributed by atoms with Crippen LogP contribution >= 0.6 is 11.6 Å². The van der Waals surface area contributed by atoms with Crippen molar-refractivity contribution in [1.29, 1.82) is 0 Å². The van der Waals surface area contributed by atoms with Crippen molar-refractivity contribution in [2.75, 3.05) is 5.84 Å². The van der Waals surface area contributed by atoms with Gasteiger partial charge in [-0.15, -0.1) is 4.91 Å². The molecule has 1 amide bonds. The van der Waals surface area contributed by atoms with E-state index >= 15 is 0 Å². The number of carbonyl (C=O) groups excluding carboxylic acids is 1. The number of ether oxygens (including phenoxy) is 1. The zero-order chi connectivity index (χ0) is 28.9. The number of nitrogen functional groups attached to an aromatic ring is 1. The van der Waals surface area contributed by atoms with Gasteiger partial charge in [-0.1, -0.05) is 28.9 Å². The fourth-order valence-corrected chi connectivity index (χ4v) is 3.84. The van der Waals surface area contributed by atoms with Gasteiger partial charge in [-0.3, -0.25) is 9.36 Å². The van der Waals surface area contributed by atoms with Crippen molar-refractivity contribution in [2.24, 2.45) is 20.8 Å². The Morgan fingerprint density at radius 2 is 1.72 bits per heavy atom. The third kappa shape index (κ3) is 6.74. The van der Waals surface area contributed by atoms with E-state index in [4.69, 9.17) is 22.2 Å². The number of aromatic nitrogens is 3. The lowest BCUT2D eigenvalue weighted by Crippen LogP contribution is -2.58. The standard InChI is InChI=1S/C25H28ClN7O6/c1-15(2)39-20-10-9-19(11-17(20)12-28-37)29-22-31(13-16-5-7-18(26)8-6-16)23(35)32(24(36)33(22)27)14-25(3,4)21(34)30-38/h5-11,15H,12-14,27H2,1-4H3/b29-22-. The molecule has 0 spiro atoms. The van der Waals surface area contributed by atoms with Gasteiger partial charge < -0.3 is 10.6 Å². The van der Waals surface area contributed by atoms with E-state index in [-0.39, 0.29) is 30.5 Å². The summed E-state index contributed by atoms with van der Waals surface area (Å²) in [4.78, 5) is 65.2. The smallest absolute Gasteiger partial charge is 0.353 e. The predicted molar refractivity (Wildman–Crippen MR) is 145 cm³/mol. The first-order chi connectivity index (χ1) is 18.4. The van der Waals surface area contributed by atoms with Gasteiger partial charge in [-0.2, -0.15) is 9.58 Å². The minimum atomic E-state index is -1.46. The van der Waals surface area contributed by atoms with E-state index in [1.807, 2.05) is 13.8 Å². The molecule has 13 nitrogen and oxygen atoms in total. The molecule has 2 N–H and O–H groups in total. The maximum Gasteiger partial charge on any atom is 0.353 e. The number of nitrogens with two attached hydrogens (primary N) is 1. The van der Waals surface area contributed by atoms with Gasteiger partial charge in [-0.05, 0) is 63.6 Å². The van der Waals surface area contributed by atoms with Crippen LogP contribution in [0.4, 0.5) is 5.69 Å². The molecule has 206 valence electrons. The maximum atomic E-state index is 13.6. The van der Waals surface area contributed by atoms with E-state index in [1.165, 1.54) is 13.8 Å². The molecule has 0 aliphatic carbocycles. The number of hydrogen-bond acceptors (Lipinski definition) is 9. The second-order valence-electron chi connectivity index (χ2n) is 9.67. The molecule has 14 heteroatoms. The highest BCUT2D eigenvalue weighted by atomic mass is 35.5. The zero-order valence-electron chi connectivity index (χ0n) is 21.8. The van der Waals surface area contributed by atoms with Crippen LogP contribution in [0.2, 0.25) is 5.02 Å². The van der Waals surface area contributed by atoms with Gasteiger partial charge in [0.25, 0.3) is 5.91 Å². The van der Waals surface area contributed by atoms with Crippen molar-refractivity contribution in [3.63, 3.8) is 0 Å². The first-order valence-electron chi connectivity index (χ1n) is 11.9. The van der Waals surface area contributed by atoms with E-state index in [1.54, 1.807) is 42.5 Å². The number of nitrogens with zero attached hydrogens (tertiary/aromatic N) is 6. The summed E-state index contributed by atoms with van der Waals surface area (Å²) >= 11 is 5.99. The van der Waals surface area contributed by atoms with Gasteiger partial charge in [0.1, 0.15) is 12.3 Å². The molecular weight excluding hydrogens is 530 g/mol. The quantitative estimate of drug-likeness (QED) is 0.294. The lowest BCUT2D eigenvalue weighted by molar-refractivity contribution is -0.126. The van der Waals surface area contributed by atoms with Crippen LogP contribution in [0.15, 0.2) is 67.4 Å². The first kappa shape index (κ1) is 29.2. The number of carbonyl (C=O) groups is 1. The van der Waals surface area contributed by atoms with Crippen molar-refractivity contribution in [1.82, 2.24) is 13.8 Å². The highest BCUT2D eigenvalue weighted by Crippen LogP contribution is 2.26. The molecule has 0 atom stereocenters. The molecule has 1 aromatic heterocycles. The molecule has 0 saturated heterocycles. The van der Waals surface area contributed by atoms with E-state index in [0.29, 0.717) is 26.6 Å². The second kappa shape index (κ2) is 12.0. The van der Waals surface area contributed by atoms with Crippen molar-refractivity contribution < 1.29 is 9.53 Å². The minimum Gasteiger partial charge on any atom is -0.491 e. The maximum absolute atomic E-state index is 13.6. The normalized spacial score (nSPS) is 12.0. The Bertz CT molecular complexity index is 1590. The lowest BCUT2D eigenvalue weighted by Gasteiger charge is -2.21. The summed E-state index contributed by atoms with van der Waals surface area (Å²) in [5.41, 5.74) is -2.10. The fourth-order valence-electron chi connectivity index (χ4n) is 3.72. The number of rotatable bonds is 10. The molecule has 0 bridgehead atoms. The van der Waals surface area contributed by atoms with Gasteiger partial charge in [0, 0.05) is 22.3 Å². The Hall–Kier alpha value is -4.39. The van der Waals surface area contributed by atoms with E-state index in [0.717, 1.165) is 9.13 Å². The fraction of sp³-hybridized carbons (Fsp3) is 0.360. The van der Waals surface area contributed by atoms with E-state index < -0.39 is 29.2 Å². The summed E-state index contributed by atoms with van der Waals surface area (Å²) in [6.07, 6.45) is -0.160. The molecule has 3 aromatic rings. The van der Waals surface area contributed by atoms with Crippen molar-refractivity contribution in [3.8, 4) is 5.75 Å². The number of benzene rings is 2. The van der Waals surface area contributed by atoms with Gasteiger partial charge in [0.15, 0.2) is 0 Å². The molecule has 0 aliphatic heterocycles. The largest absolute Gasteiger partial charge is 0.491 e. The molecule has 0 aliphatic rings. The third-order valence-corrected chi connectivity index (χ3v) is 5.95. The SMILES string of the molecule is CC(C)Oc1ccc(/N=c2\n(N)c(=O)n(CC(C)(C)C(=O)N=O)c(=O)n2Cc2ccc(Cl)cc2)cc1CN=O. The Morgan fingerprint density at radius 3 is 2.31 bits per heavy atom.